The molecule has 0 radical (unpaired) electrons. The van der Waals surface area contributed by atoms with E-state index in [1.165, 1.54) is 11.5 Å². The molecule has 3 aromatic heterocycles. The molecular formula is C21H23N5O3. The van der Waals surface area contributed by atoms with Crippen molar-refractivity contribution in [2.45, 2.75) is 40.7 Å². The largest absolute Gasteiger partial charge is 0.333 e. The summed E-state index contributed by atoms with van der Waals surface area (Å²) < 4.78 is 5.99. The summed E-state index contributed by atoms with van der Waals surface area (Å²) in [5, 5.41) is 0. The Kier molecular flexibility index (Phi) is 4.11. The van der Waals surface area contributed by atoms with Gasteiger partial charge in [0.25, 0.3) is 5.56 Å². The maximum atomic E-state index is 13.2. The standard InChI is InChI=1S/C21H23N5O3/c1-11-7-12(2)9-16(8-11)25-13(3)10-24-17-18(22-20(24)25)23(6)21(29)26(19(17)28)14(4)15(5)27/h7-10,14H,1-6H3/t14-/m1/s1. The molecule has 0 aliphatic rings. The van der Waals surface area contributed by atoms with Gasteiger partial charge < -0.3 is 0 Å². The van der Waals surface area contributed by atoms with Gasteiger partial charge in [-0.1, -0.05) is 6.07 Å². The molecule has 0 saturated heterocycles. The van der Waals surface area contributed by atoms with E-state index in [9.17, 15) is 14.4 Å². The second kappa shape index (κ2) is 6.30. The number of fused-ring (bicyclic) bond motifs is 3. The van der Waals surface area contributed by atoms with E-state index in [1.807, 2.05) is 31.5 Å². The number of carbonyl (C=O) groups is 1. The van der Waals surface area contributed by atoms with Gasteiger partial charge in [-0.25, -0.2) is 9.36 Å². The Morgan fingerprint density at radius 3 is 2.28 bits per heavy atom. The van der Waals surface area contributed by atoms with Crippen molar-refractivity contribution in [2.24, 2.45) is 7.05 Å². The lowest BCUT2D eigenvalue weighted by atomic mass is 10.1. The number of Topliss-reactive ketones (excluding diaryl/α,β-unsaturated/α-hetero) is 1. The summed E-state index contributed by atoms with van der Waals surface area (Å²) in [6.07, 6.45) is 1.83. The summed E-state index contributed by atoms with van der Waals surface area (Å²) in [7, 11) is 1.56. The zero-order valence-corrected chi connectivity index (χ0v) is 17.3. The van der Waals surface area contributed by atoms with Crippen molar-refractivity contribution in [2.75, 3.05) is 0 Å². The van der Waals surface area contributed by atoms with Gasteiger partial charge in [0, 0.05) is 24.6 Å². The molecule has 0 fully saturated rings. The second-order valence-electron chi connectivity index (χ2n) is 7.71. The average molecular weight is 393 g/mol. The minimum atomic E-state index is -0.848. The fraction of sp³-hybridized carbons (Fsp3) is 0.333. The molecule has 0 amide bonds. The summed E-state index contributed by atoms with van der Waals surface area (Å²) in [5.74, 6) is 0.288. The second-order valence-corrected chi connectivity index (χ2v) is 7.71. The molecule has 1 atom stereocenters. The molecule has 1 aromatic carbocycles. The van der Waals surface area contributed by atoms with E-state index in [0.717, 1.165) is 27.1 Å². The Morgan fingerprint density at radius 2 is 1.69 bits per heavy atom. The van der Waals surface area contributed by atoms with Crippen LogP contribution in [0, 0.1) is 20.8 Å². The fourth-order valence-electron chi connectivity index (χ4n) is 3.90. The van der Waals surface area contributed by atoms with Crippen molar-refractivity contribution in [3.63, 3.8) is 0 Å². The lowest BCUT2D eigenvalue weighted by Gasteiger charge is -2.12. The predicted octanol–water partition coefficient (Wildman–Crippen LogP) is 2.21. The molecule has 0 spiro atoms. The van der Waals surface area contributed by atoms with Crippen LogP contribution in [0.1, 0.15) is 36.7 Å². The van der Waals surface area contributed by atoms with E-state index in [1.54, 1.807) is 18.4 Å². The topological polar surface area (TPSA) is 83.3 Å². The van der Waals surface area contributed by atoms with Gasteiger partial charge in [0.05, 0.1) is 6.04 Å². The van der Waals surface area contributed by atoms with Gasteiger partial charge in [0.15, 0.2) is 16.9 Å². The number of aryl methyl sites for hydroxylation is 4. The minimum absolute atomic E-state index is 0.256. The summed E-state index contributed by atoms with van der Waals surface area (Å²) in [6, 6.07) is 5.34. The fourth-order valence-corrected chi connectivity index (χ4v) is 3.90. The van der Waals surface area contributed by atoms with Crippen LogP contribution in [0.25, 0.3) is 22.6 Å². The average Bonchev–Trinajstić information content (AvgIpc) is 3.13. The zero-order valence-electron chi connectivity index (χ0n) is 17.3. The molecule has 4 aromatic rings. The number of aromatic nitrogens is 5. The van der Waals surface area contributed by atoms with E-state index < -0.39 is 17.3 Å². The Morgan fingerprint density at radius 1 is 1.07 bits per heavy atom. The highest BCUT2D eigenvalue weighted by molar-refractivity contribution is 5.81. The first kappa shape index (κ1) is 18.9. The molecule has 0 bridgehead atoms. The van der Waals surface area contributed by atoms with Crippen LogP contribution in [0.15, 0.2) is 34.0 Å². The van der Waals surface area contributed by atoms with E-state index in [4.69, 9.17) is 0 Å². The minimum Gasteiger partial charge on any atom is -0.298 e. The summed E-state index contributed by atoms with van der Waals surface area (Å²) in [4.78, 5) is 42.5. The van der Waals surface area contributed by atoms with Crippen molar-refractivity contribution in [1.82, 2.24) is 23.1 Å². The van der Waals surface area contributed by atoms with E-state index in [0.29, 0.717) is 11.4 Å². The number of hydrogen-bond donors (Lipinski definition) is 0. The van der Waals surface area contributed by atoms with E-state index in [2.05, 4.69) is 23.2 Å². The molecule has 0 unspecified atom stereocenters. The Bertz CT molecular complexity index is 1410. The van der Waals surface area contributed by atoms with Crippen molar-refractivity contribution in [1.29, 1.82) is 0 Å². The number of ketones is 1. The van der Waals surface area contributed by atoms with Gasteiger partial charge in [-0.05, 0) is 57.9 Å². The molecule has 0 N–H and O–H groups in total. The first-order valence-corrected chi connectivity index (χ1v) is 9.42. The van der Waals surface area contributed by atoms with Gasteiger partial charge in [-0.15, -0.1) is 0 Å². The Hall–Kier alpha value is -3.42. The Balaban J connectivity index is 2.15. The number of nitrogens with zero attached hydrogens (tertiary/aromatic N) is 5. The normalized spacial score (nSPS) is 12.8. The van der Waals surface area contributed by atoms with Crippen LogP contribution in [0.5, 0.6) is 0 Å². The van der Waals surface area contributed by atoms with Crippen LogP contribution < -0.4 is 11.2 Å². The third-order valence-corrected chi connectivity index (χ3v) is 5.42. The van der Waals surface area contributed by atoms with Gasteiger partial charge in [0.2, 0.25) is 5.78 Å². The molecule has 0 aliphatic carbocycles. The lowest BCUT2D eigenvalue weighted by Crippen LogP contribution is -2.42. The van der Waals surface area contributed by atoms with Crippen molar-refractivity contribution >= 4 is 22.7 Å². The van der Waals surface area contributed by atoms with Gasteiger partial charge in [-0.2, -0.15) is 4.98 Å². The van der Waals surface area contributed by atoms with Crippen LogP contribution >= 0.6 is 0 Å². The van der Waals surface area contributed by atoms with Gasteiger partial charge >= 0.3 is 5.69 Å². The van der Waals surface area contributed by atoms with Crippen molar-refractivity contribution < 1.29 is 4.79 Å². The van der Waals surface area contributed by atoms with Crippen LogP contribution in [0.4, 0.5) is 0 Å². The molecular weight excluding hydrogens is 370 g/mol. The molecule has 8 nitrogen and oxygen atoms in total. The molecule has 29 heavy (non-hydrogen) atoms. The lowest BCUT2D eigenvalue weighted by molar-refractivity contribution is -0.119. The van der Waals surface area contributed by atoms with Crippen LogP contribution in [0.2, 0.25) is 0 Å². The molecule has 4 rings (SSSR count). The summed E-state index contributed by atoms with van der Waals surface area (Å²) in [6.45, 7) is 8.92. The number of imidazole rings is 2. The van der Waals surface area contributed by atoms with Crippen molar-refractivity contribution in [3.05, 3.63) is 62.1 Å². The summed E-state index contributed by atoms with van der Waals surface area (Å²) in [5.41, 5.74) is 3.57. The van der Waals surface area contributed by atoms with E-state index >= 15 is 0 Å². The van der Waals surface area contributed by atoms with Gasteiger partial charge in [-0.3, -0.25) is 23.1 Å². The number of hydrogen-bond acceptors (Lipinski definition) is 4. The SMILES string of the molecule is CC(=O)[C@@H](C)n1c(=O)c2c(nc3n(-c4cc(C)cc(C)c4)c(C)cn23)n(C)c1=O. The maximum Gasteiger partial charge on any atom is 0.333 e. The molecule has 8 heteroatoms. The first-order valence-electron chi connectivity index (χ1n) is 9.42. The first-order chi connectivity index (χ1) is 13.6. The highest BCUT2D eigenvalue weighted by atomic mass is 16.2. The number of carbonyl (C=O) groups excluding carboxylic acids is 1. The predicted molar refractivity (Wildman–Crippen MR) is 111 cm³/mol. The van der Waals surface area contributed by atoms with Crippen LogP contribution in [-0.4, -0.2) is 28.9 Å². The summed E-state index contributed by atoms with van der Waals surface area (Å²) >= 11 is 0. The molecule has 0 aliphatic heterocycles. The number of benzene rings is 1. The highest BCUT2D eigenvalue weighted by Gasteiger charge is 2.24. The Labute approximate surface area is 166 Å². The quantitative estimate of drug-likeness (QED) is 0.534. The smallest absolute Gasteiger partial charge is 0.298 e. The van der Waals surface area contributed by atoms with Gasteiger partial charge in [0.1, 0.15) is 0 Å². The molecule has 3 heterocycles. The highest BCUT2D eigenvalue weighted by Crippen LogP contribution is 2.22. The number of rotatable bonds is 3. The van der Waals surface area contributed by atoms with Crippen LogP contribution in [-0.2, 0) is 11.8 Å². The molecule has 150 valence electrons. The third kappa shape index (κ3) is 2.66. The van der Waals surface area contributed by atoms with Crippen molar-refractivity contribution in [3.8, 4) is 5.69 Å². The molecule has 0 saturated carbocycles. The van der Waals surface area contributed by atoms with Crippen LogP contribution in [0.3, 0.4) is 0 Å². The maximum absolute atomic E-state index is 13.2. The van der Waals surface area contributed by atoms with E-state index in [-0.39, 0.29) is 11.3 Å². The third-order valence-electron chi connectivity index (χ3n) is 5.42. The monoisotopic (exact) mass is 393 g/mol. The zero-order chi connectivity index (χ0) is 21.2.